The zero-order chi connectivity index (χ0) is 20.2. The highest BCUT2D eigenvalue weighted by Gasteiger charge is 2.30. The summed E-state index contributed by atoms with van der Waals surface area (Å²) in [4.78, 5) is 21.2. The lowest BCUT2D eigenvalue weighted by Crippen LogP contribution is -2.48. The van der Waals surface area contributed by atoms with E-state index in [9.17, 15) is 4.79 Å². The Bertz CT molecular complexity index is 839. The minimum absolute atomic E-state index is 0.180. The molecule has 156 valence electrons. The summed E-state index contributed by atoms with van der Waals surface area (Å²) >= 11 is 0. The average Bonchev–Trinajstić information content (AvgIpc) is 3.29. The van der Waals surface area contributed by atoms with E-state index in [2.05, 4.69) is 10.1 Å². The Morgan fingerprint density at radius 1 is 1.00 bits per heavy atom. The lowest BCUT2D eigenvalue weighted by molar-refractivity contribution is 0.128. The van der Waals surface area contributed by atoms with Crippen molar-refractivity contribution >= 4 is 6.03 Å². The van der Waals surface area contributed by atoms with Gasteiger partial charge in [0, 0.05) is 37.7 Å². The first-order chi connectivity index (χ1) is 14.2. The Kier molecular flexibility index (Phi) is 5.87. The summed E-state index contributed by atoms with van der Waals surface area (Å²) in [6.45, 7) is 3.23. The molecule has 0 aliphatic carbocycles. The van der Waals surface area contributed by atoms with Crippen LogP contribution >= 0.6 is 0 Å². The molecule has 2 amide bonds. The van der Waals surface area contributed by atoms with Crippen molar-refractivity contribution in [3.63, 3.8) is 0 Å². The summed E-state index contributed by atoms with van der Waals surface area (Å²) < 4.78 is 16.2. The molecule has 3 heterocycles. The Labute approximate surface area is 170 Å². The zero-order valence-corrected chi connectivity index (χ0v) is 17.1. The molecule has 8 heteroatoms. The van der Waals surface area contributed by atoms with Gasteiger partial charge in [0.1, 0.15) is 0 Å². The van der Waals surface area contributed by atoms with Crippen molar-refractivity contribution in [3.05, 3.63) is 24.1 Å². The maximum Gasteiger partial charge on any atom is 0.319 e. The normalized spacial score (nSPS) is 18.0. The summed E-state index contributed by atoms with van der Waals surface area (Å²) in [5.74, 6) is 2.64. The molecule has 2 fully saturated rings. The Morgan fingerprint density at radius 3 is 2.38 bits per heavy atom. The number of ether oxygens (including phenoxy) is 2. The summed E-state index contributed by atoms with van der Waals surface area (Å²) in [5, 5.41) is 4.15. The van der Waals surface area contributed by atoms with Crippen molar-refractivity contribution in [2.45, 2.75) is 38.0 Å². The van der Waals surface area contributed by atoms with E-state index in [1.165, 1.54) is 6.42 Å². The van der Waals surface area contributed by atoms with Gasteiger partial charge in [0.05, 0.1) is 14.2 Å². The highest BCUT2D eigenvalue weighted by atomic mass is 16.5. The minimum atomic E-state index is 0.180. The highest BCUT2D eigenvalue weighted by molar-refractivity contribution is 5.74. The van der Waals surface area contributed by atoms with Crippen LogP contribution in [0.15, 0.2) is 22.7 Å². The molecule has 0 saturated carbocycles. The van der Waals surface area contributed by atoms with Gasteiger partial charge in [-0.3, -0.25) is 0 Å². The van der Waals surface area contributed by atoms with Gasteiger partial charge < -0.3 is 23.8 Å². The predicted octanol–water partition coefficient (Wildman–Crippen LogP) is 3.54. The molecular weight excluding hydrogens is 372 g/mol. The first-order valence-corrected chi connectivity index (χ1v) is 10.3. The quantitative estimate of drug-likeness (QED) is 0.781. The predicted molar refractivity (Wildman–Crippen MR) is 107 cm³/mol. The summed E-state index contributed by atoms with van der Waals surface area (Å²) in [6, 6.07) is 5.73. The largest absolute Gasteiger partial charge is 0.493 e. The SMILES string of the molecule is COc1ccc(-c2noc(C3CCN(C(=O)N4CCCCC4)CC3)n2)cc1OC. The van der Waals surface area contributed by atoms with Crippen LogP contribution in [0.3, 0.4) is 0 Å². The number of rotatable bonds is 4. The third kappa shape index (κ3) is 4.16. The molecule has 1 aromatic carbocycles. The van der Waals surface area contributed by atoms with Crippen LogP contribution in [0.1, 0.15) is 43.9 Å². The minimum Gasteiger partial charge on any atom is -0.493 e. The monoisotopic (exact) mass is 400 g/mol. The number of carbonyl (C=O) groups excluding carboxylic acids is 1. The molecular formula is C21H28N4O4. The molecule has 0 radical (unpaired) electrons. The summed E-state index contributed by atoms with van der Waals surface area (Å²) in [7, 11) is 3.20. The van der Waals surface area contributed by atoms with Crippen molar-refractivity contribution in [1.29, 1.82) is 0 Å². The van der Waals surface area contributed by atoms with Crippen molar-refractivity contribution in [3.8, 4) is 22.9 Å². The molecule has 2 aromatic rings. The Hall–Kier alpha value is -2.77. The fourth-order valence-corrected chi connectivity index (χ4v) is 4.10. The Balaban J connectivity index is 1.39. The number of nitrogens with zero attached hydrogens (tertiary/aromatic N) is 4. The van der Waals surface area contributed by atoms with Gasteiger partial charge in [0.15, 0.2) is 11.5 Å². The number of benzene rings is 1. The van der Waals surface area contributed by atoms with Gasteiger partial charge >= 0.3 is 6.03 Å². The standard InChI is InChI=1S/C21H28N4O4/c1-27-17-7-6-16(14-18(17)28-2)19-22-20(29-23-19)15-8-12-25(13-9-15)21(26)24-10-4-3-5-11-24/h6-7,14-15H,3-5,8-13H2,1-2H3. The van der Waals surface area contributed by atoms with E-state index < -0.39 is 0 Å². The van der Waals surface area contributed by atoms with Crippen LogP contribution in [0, 0.1) is 0 Å². The van der Waals surface area contributed by atoms with Crippen LogP contribution in [-0.2, 0) is 0 Å². The number of hydrogen-bond donors (Lipinski definition) is 0. The van der Waals surface area contributed by atoms with E-state index in [1.807, 2.05) is 28.0 Å². The molecule has 2 saturated heterocycles. The second-order valence-electron chi connectivity index (χ2n) is 7.62. The van der Waals surface area contributed by atoms with Crippen molar-refractivity contribution < 1.29 is 18.8 Å². The number of amides is 2. The topological polar surface area (TPSA) is 80.9 Å². The molecule has 0 bridgehead atoms. The average molecular weight is 400 g/mol. The number of hydrogen-bond acceptors (Lipinski definition) is 6. The fourth-order valence-electron chi connectivity index (χ4n) is 4.10. The molecule has 0 N–H and O–H groups in total. The molecule has 2 aliphatic heterocycles. The third-order valence-corrected chi connectivity index (χ3v) is 5.82. The lowest BCUT2D eigenvalue weighted by atomic mass is 9.97. The molecule has 0 spiro atoms. The van der Waals surface area contributed by atoms with Gasteiger partial charge in [-0.2, -0.15) is 4.98 Å². The van der Waals surface area contributed by atoms with Crippen LogP contribution in [-0.4, -0.2) is 66.4 Å². The van der Waals surface area contributed by atoms with Crippen molar-refractivity contribution in [2.24, 2.45) is 0 Å². The molecule has 0 atom stereocenters. The van der Waals surface area contributed by atoms with Crippen molar-refractivity contribution in [2.75, 3.05) is 40.4 Å². The summed E-state index contributed by atoms with van der Waals surface area (Å²) in [5.41, 5.74) is 0.815. The van der Waals surface area contributed by atoms with Gasteiger partial charge in [0.2, 0.25) is 11.7 Å². The van der Waals surface area contributed by atoms with Crippen molar-refractivity contribution in [1.82, 2.24) is 19.9 Å². The van der Waals surface area contributed by atoms with Gasteiger partial charge in [-0.25, -0.2) is 4.79 Å². The van der Waals surface area contributed by atoms with Crippen LogP contribution < -0.4 is 9.47 Å². The molecule has 0 unspecified atom stereocenters. The first kappa shape index (κ1) is 19.5. The lowest BCUT2D eigenvalue weighted by Gasteiger charge is -2.36. The van der Waals surface area contributed by atoms with Gasteiger partial charge in [-0.05, 0) is 50.3 Å². The number of methoxy groups -OCH3 is 2. The van der Waals surface area contributed by atoms with E-state index in [1.54, 1.807) is 14.2 Å². The van der Waals surface area contributed by atoms with Crippen LogP contribution in [0.25, 0.3) is 11.4 Å². The maximum absolute atomic E-state index is 12.7. The molecule has 2 aliphatic rings. The van der Waals surface area contributed by atoms with Crippen LogP contribution in [0.5, 0.6) is 11.5 Å². The highest BCUT2D eigenvalue weighted by Crippen LogP contribution is 2.33. The number of urea groups is 1. The number of likely N-dealkylation sites (tertiary alicyclic amines) is 2. The van der Waals surface area contributed by atoms with Gasteiger partial charge in [-0.1, -0.05) is 5.16 Å². The first-order valence-electron chi connectivity index (χ1n) is 10.3. The fraction of sp³-hybridized carbons (Fsp3) is 0.571. The van der Waals surface area contributed by atoms with E-state index in [-0.39, 0.29) is 11.9 Å². The number of piperidine rings is 2. The van der Waals surface area contributed by atoms with E-state index in [4.69, 9.17) is 14.0 Å². The molecule has 1 aromatic heterocycles. The number of carbonyl (C=O) groups is 1. The van der Waals surface area contributed by atoms with E-state index >= 15 is 0 Å². The molecule has 4 rings (SSSR count). The van der Waals surface area contributed by atoms with Crippen LogP contribution in [0.4, 0.5) is 4.79 Å². The molecule has 29 heavy (non-hydrogen) atoms. The summed E-state index contributed by atoms with van der Waals surface area (Å²) in [6.07, 6.45) is 5.14. The van der Waals surface area contributed by atoms with E-state index in [0.29, 0.717) is 23.2 Å². The Morgan fingerprint density at radius 2 is 1.69 bits per heavy atom. The third-order valence-electron chi connectivity index (χ3n) is 5.82. The van der Waals surface area contributed by atoms with Gasteiger partial charge in [0.25, 0.3) is 0 Å². The van der Waals surface area contributed by atoms with Gasteiger partial charge in [-0.15, -0.1) is 0 Å². The zero-order valence-electron chi connectivity index (χ0n) is 17.1. The smallest absolute Gasteiger partial charge is 0.319 e. The molecule has 8 nitrogen and oxygen atoms in total. The maximum atomic E-state index is 12.7. The second kappa shape index (κ2) is 8.71. The van der Waals surface area contributed by atoms with E-state index in [0.717, 1.165) is 57.4 Å². The second-order valence-corrected chi connectivity index (χ2v) is 7.62. The van der Waals surface area contributed by atoms with Crippen LogP contribution in [0.2, 0.25) is 0 Å². The number of aromatic nitrogens is 2.